The number of fused-ring (bicyclic) bond motifs is 1. The van der Waals surface area contributed by atoms with Crippen molar-refractivity contribution in [3.05, 3.63) is 41.4 Å². The number of hydrogen-bond acceptors (Lipinski definition) is 5. The minimum Gasteiger partial charge on any atom is -0.449 e. The second kappa shape index (κ2) is 5.23. The molecule has 0 spiro atoms. The Kier molecular flexibility index (Phi) is 3.40. The smallest absolute Gasteiger partial charge is 0.449 e. The van der Waals surface area contributed by atoms with Crippen LogP contribution in [0.4, 0.5) is 10.5 Å². The molecule has 3 rings (SSSR count). The minimum absolute atomic E-state index is 0.0118. The van der Waals surface area contributed by atoms with Crippen molar-refractivity contribution in [1.82, 2.24) is 4.98 Å². The highest BCUT2D eigenvalue weighted by molar-refractivity contribution is 7.22. The van der Waals surface area contributed by atoms with Crippen LogP contribution in [0.5, 0.6) is 5.88 Å². The van der Waals surface area contributed by atoms with Gasteiger partial charge in [-0.05, 0) is 23.6 Å². The van der Waals surface area contributed by atoms with Gasteiger partial charge in [0.05, 0.1) is 16.3 Å². The second-order valence-electron chi connectivity index (χ2n) is 4.23. The number of hydrogen-bond donors (Lipinski definition) is 2. The van der Waals surface area contributed by atoms with Crippen molar-refractivity contribution >= 4 is 44.9 Å². The molecule has 3 aromatic rings. The molecule has 0 atom stereocenters. The molecule has 1 aromatic carbocycles. The maximum absolute atomic E-state index is 10.7. The molecule has 2 aromatic heterocycles. The highest BCUT2D eigenvalue weighted by atomic mass is 35.5. The van der Waals surface area contributed by atoms with Crippen molar-refractivity contribution in [2.45, 2.75) is 0 Å². The van der Waals surface area contributed by atoms with Crippen molar-refractivity contribution in [3.8, 4) is 16.5 Å². The number of nitrogens with zero attached hydrogens (tertiary/aromatic N) is 1. The number of carboxylic acid groups (broad SMARTS) is 1. The molecule has 7 heteroatoms. The molecule has 0 unspecified atom stereocenters. The molecular weight excluding hydrogens is 312 g/mol. The summed E-state index contributed by atoms with van der Waals surface area (Å²) in [5.41, 5.74) is 6.53. The molecule has 0 radical (unpaired) electrons. The lowest BCUT2D eigenvalue weighted by molar-refractivity contribution is 0.142. The van der Waals surface area contributed by atoms with Crippen molar-refractivity contribution in [2.75, 3.05) is 5.73 Å². The fraction of sp³-hybridized carbons (Fsp3) is 0. The molecular formula is C14H9ClN2O3S. The summed E-state index contributed by atoms with van der Waals surface area (Å²) in [7, 11) is 0. The summed E-state index contributed by atoms with van der Waals surface area (Å²) in [4.78, 5) is 15.7. The van der Waals surface area contributed by atoms with E-state index in [1.54, 1.807) is 6.07 Å². The number of thiophene rings is 1. The summed E-state index contributed by atoms with van der Waals surface area (Å²) >= 11 is 7.43. The highest BCUT2D eigenvalue weighted by Gasteiger charge is 2.15. The van der Waals surface area contributed by atoms with Gasteiger partial charge in [-0.3, -0.25) is 0 Å². The number of benzene rings is 1. The van der Waals surface area contributed by atoms with E-state index in [4.69, 9.17) is 22.4 Å². The van der Waals surface area contributed by atoms with E-state index in [1.165, 1.54) is 11.3 Å². The van der Waals surface area contributed by atoms with Crippen LogP contribution in [0.1, 0.15) is 0 Å². The number of ether oxygens (including phenoxy) is 1. The third-order valence-electron chi connectivity index (χ3n) is 2.82. The predicted molar refractivity (Wildman–Crippen MR) is 83.1 cm³/mol. The summed E-state index contributed by atoms with van der Waals surface area (Å²) in [5, 5.41) is 9.76. The molecule has 106 valence electrons. The van der Waals surface area contributed by atoms with Crippen LogP contribution in [0.25, 0.3) is 20.7 Å². The Labute approximate surface area is 128 Å². The molecule has 0 saturated carbocycles. The Bertz CT molecular complexity index is 814. The molecule has 0 fully saturated rings. The average molecular weight is 321 g/mol. The highest BCUT2D eigenvalue weighted by Crippen LogP contribution is 2.37. The first-order valence-electron chi connectivity index (χ1n) is 5.90. The summed E-state index contributed by atoms with van der Waals surface area (Å²) in [6, 6.07) is 11.4. The maximum atomic E-state index is 10.7. The number of halogens is 1. The summed E-state index contributed by atoms with van der Waals surface area (Å²) < 4.78 is 5.66. The third kappa shape index (κ3) is 2.63. The molecule has 0 saturated heterocycles. The molecule has 2 heterocycles. The first-order valence-corrected chi connectivity index (χ1v) is 7.10. The summed E-state index contributed by atoms with van der Waals surface area (Å²) in [6.07, 6.45) is -1.49. The molecule has 0 aliphatic heterocycles. The van der Waals surface area contributed by atoms with Crippen LogP contribution in [0, 0.1) is 0 Å². The Morgan fingerprint density at radius 3 is 2.81 bits per heavy atom. The van der Waals surface area contributed by atoms with Gasteiger partial charge in [-0.15, -0.1) is 11.3 Å². The van der Waals surface area contributed by atoms with Gasteiger partial charge in [0.2, 0.25) is 5.88 Å². The summed E-state index contributed by atoms with van der Waals surface area (Å²) in [5.74, 6) is -0.211. The number of pyridine rings is 1. The van der Waals surface area contributed by atoms with Crippen LogP contribution in [-0.2, 0) is 0 Å². The van der Waals surface area contributed by atoms with Crippen LogP contribution >= 0.6 is 22.9 Å². The summed E-state index contributed by atoms with van der Waals surface area (Å²) in [6.45, 7) is 0. The zero-order chi connectivity index (χ0) is 15.0. The maximum Gasteiger partial charge on any atom is 0.512 e. The topological polar surface area (TPSA) is 85.4 Å². The largest absolute Gasteiger partial charge is 0.512 e. The monoisotopic (exact) mass is 320 g/mol. The Morgan fingerprint density at radius 2 is 2.10 bits per heavy atom. The van der Waals surface area contributed by atoms with Gasteiger partial charge >= 0.3 is 6.16 Å². The normalized spacial score (nSPS) is 10.7. The number of nitrogens with two attached hydrogens (primary N) is 1. The first-order chi connectivity index (χ1) is 10.0. The fourth-order valence-corrected chi connectivity index (χ4v) is 3.07. The van der Waals surface area contributed by atoms with E-state index in [-0.39, 0.29) is 16.6 Å². The number of aromatic nitrogens is 1. The van der Waals surface area contributed by atoms with Crippen molar-refractivity contribution < 1.29 is 14.6 Å². The molecule has 21 heavy (non-hydrogen) atoms. The molecule has 3 N–H and O–H groups in total. The lowest BCUT2D eigenvalue weighted by Gasteiger charge is -2.06. The van der Waals surface area contributed by atoms with Crippen molar-refractivity contribution in [3.63, 3.8) is 0 Å². The van der Waals surface area contributed by atoms with Gasteiger partial charge in [-0.1, -0.05) is 29.8 Å². The van der Waals surface area contributed by atoms with E-state index in [2.05, 4.69) is 9.72 Å². The van der Waals surface area contributed by atoms with Gasteiger partial charge in [0, 0.05) is 4.70 Å². The van der Waals surface area contributed by atoms with Crippen molar-refractivity contribution in [2.24, 2.45) is 0 Å². The van der Waals surface area contributed by atoms with Crippen LogP contribution in [-0.4, -0.2) is 16.2 Å². The number of anilines is 1. The zero-order valence-electron chi connectivity index (χ0n) is 10.5. The standard InChI is InChI=1S/C14H9ClN2O3S/c15-12-8(16)6-9(17-13(12)20-14(18)19)11-5-7-3-1-2-4-10(7)21-11/h1-6H,(H2,16,17)(H,18,19). The molecule has 0 bridgehead atoms. The Morgan fingerprint density at radius 1 is 1.33 bits per heavy atom. The first kappa shape index (κ1) is 13.7. The van der Waals surface area contributed by atoms with Crippen LogP contribution in [0.2, 0.25) is 5.02 Å². The van der Waals surface area contributed by atoms with E-state index in [0.29, 0.717) is 5.69 Å². The van der Waals surface area contributed by atoms with Gasteiger partial charge in [-0.25, -0.2) is 9.78 Å². The van der Waals surface area contributed by atoms with Gasteiger partial charge in [0.1, 0.15) is 5.02 Å². The number of rotatable bonds is 2. The zero-order valence-corrected chi connectivity index (χ0v) is 12.1. The van der Waals surface area contributed by atoms with Gasteiger partial charge in [-0.2, -0.15) is 0 Å². The SMILES string of the molecule is Nc1cc(-c2cc3ccccc3s2)nc(OC(=O)O)c1Cl. The van der Waals surface area contributed by atoms with Gasteiger partial charge in [0.25, 0.3) is 0 Å². The van der Waals surface area contributed by atoms with Crippen LogP contribution in [0.15, 0.2) is 36.4 Å². The predicted octanol–water partition coefficient (Wildman–Crippen LogP) is 4.26. The quantitative estimate of drug-likeness (QED) is 0.689. The lowest BCUT2D eigenvalue weighted by atomic mass is 10.2. The second-order valence-corrected chi connectivity index (χ2v) is 5.69. The van der Waals surface area contributed by atoms with E-state index >= 15 is 0 Å². The van der Waals surface area contributed by atoms with Crippen LogP contribution in [0.3, 0.4) is 0 Å². The molecule has 0 amide bonds. The van der Waals surface area contributed by atoms with Gasteiger partial charge < -0.3 is 15.6 Å². The minimum atomic E-state index is -1.49. The fourth-order valence-electron chi connectivity index (χ4n) is 1.91. The molecule has 5 nitrogen and oxygen atoms in total. The van der Waals surface area contributed by atoms with E-state index in [1.807, 2.05) is 30.3 Å². The Hall–Kier alpha value is -2.31. The van der Waals surface area contributed by atoms with E-state index in [9.17, 15) is 4.79 Å². The third-order valence-corrected chi connectivity index (χ3v) is 4.34. The number of nitrogen functional groups attached to an aromatic ring is 1. The number of carbonyl (C=O) groups is 1. The van der Waals surface area contributed by atoms with E-state index < -0.39 is 6.16 Å². The Balaban J connectivity index is 2.13. The van der Waals surface area contributed by atoms with Crippen molar-refractivity contribution in [1.29, 1.82) is 0 Å². The van der Waals surface area contributed by atoms with Crippen LogP contribution < -0.4 is 10.5 Å². The van der Waals surface area contributed by atoms with Gasteiger partial charge in [0.15, 0.2) is 0 Å². The average Bonchev–Trinajstić information content (AvgIpc) is 2.87. The van der Waals surface area contributed by atoms with E-state index in [0.717, 1.165) is 15.0 Å². The lowest BCUT2D eigenvalue weighted by Crippen LogP contribution is -2.06. The molecule has 0 aliphatic rings. The molecule has 0 aliphatic carbocycles.